The molecule has 1 N–H and O–H groups in total. The number of nitrogens with one attached hydrogen (secondary N) is 1. The molecule has 0 aromatic carbocycles. The summed E-state index contributed by atoms with van der Waals surface area (Å²) in [5.41, 5.74) is 0. The molecular weight excluding hydrogens is 220 g/mol. The molecule has 1 aliphatic heterocycles. The highest BCUT2D eigenvalue weighted by atomic mass is 16.2. The molecule has 0 aromatic rings. The predicted molar refractivity (Wildman–Crippen MR) is 63.3 cm³/mol. The Kier molecular flexibility index (Phi) is 4.66. The Bertz CT molecular complexity index is 328. The number of carbonyl (C=O) groups is 3. The highest BCUT2D eigenvalue weighted by Crippen LogP contribution is 2.24. The average Bonchev–Trinajstić information content (AvgIpc) is 2.67. The topological polar surface area (TPSA) is 66.5 Å². The highest BCUT2D eigenvalue weighted by Gasteiger charge is 2.36. The highest BCUT2D eigenvalue weighted by molar-refractivity contribution is 5.91. The maximum atomic E-state index is 11.9. The summed E-state index contributed by atoms with van der Waals surface area (Å²) < 4.78 is 0. The van der Waals surface area contributed by atoms with Crippen molar-refractivity contribution in [1.82, 2.24) is 10.2 Å². The Morgan fingerprint density at radius 2 is 2.00 bits per heavy atom. The van der Waals surface area contributed by atoms with Crippen molar-refractivity contribution in [3.05, 3.63) is 0 Å². The smallest absolute Gasteiger partial charge is 0.242 e. The van der Waals surface area contributed by atoms with Crippen molar-refractivity contribution in [3.8, 4) is 0 Å². The van der Waals surface area contributed by atoms with Gasteiger partial charge in [0.1, 0.15) is 0 Å². The Morgan fingerprint density at radius 1 is 1.35 bits per heavy atom. The molecule has 0 aromatic heterocycles. The molecule has 0 radical (unpaired) electrons. The Balaban J connectivity index is 2.63. The third-order valence-corrected chi connectivity index (χ3v) is 3.04. The molecule has 1 saturated heterocycles. The van der Waals surface area contributed by atoms with Gasteiger partial charge in [-0.25, -0.2) is 0 Å². The van der Waals surface area contributed by atoms with Gasteiger partial charge in [-0.2, -0.15) is 0 Å². The van der Waals surface area contributed by atoms with Crippen LogP contribution in [0.25, 0.3) is 0 Å². The second kappa shape index (κ2) is 5.80. The van der Waals surface area contributed by atoms with Crippen LogP contribution in [0.4, 0.5) is 0 Å². The van der Waals surface area contributed by atoms with E-state index in [1.807, 2.05) is 13.8 Å². The first-order valence-corrected chi connectivity index (χ1v) is 6.02. The van der Waals surface area contributed by atoms with E-state index in [4.69, 9.17) is 0 Å². The van der Waals surface area contributed by atoms with Gasteiger partial charge in [-0.1, -0.05) is 13.8 Å². The number of carbonyl (C=O) groups excluding carboxylic acids is 3. The fourth-order valence-electron chi connectivity index (χ4n) is 2.16. The molecule has 0 bridgehead atoms. The minimum Gasteiger partial charge on any atom is -0.347 e. The van der Waals surface area contributed by atoms with E-state index in [-0.39, 0.29) is 30.2 Å². The number of Topliss-reactive ketones (excluding diaryl/α,β-unsaturated/α-hetero) is 1. The second-order valence-corrected chi connectivity index (χ2v) is 4.63. The van der Waals surface area contributed by atoms with Gasteiger partial charge in [-0.3, -0.25) is 14.4 Å². The van der Waals surface area contributed by atoms with Crippen LogP contribution in [0.5, 0.6) is 0 Å². The third kappa shape index (κ3) is 3.54. The van der Waals surface area contributed by atoms with Crippen LogP contribution in [-0.4, -0.2) is 41.6 Å². The lowest BCUT2D eigenvalue weighted by atomic mass is 10.0. The van der Waals surface area contributed by atoms with Gasteiger partial charge in [0.25, 0.3) is 0 Å². The van der Waals surface area contributed by atoms with Crippen molar-refractivity contribution in [2.45, 2.75) is 39.7 Å². The Labute approximate surface area is 102 Å². The fraction of sp³-hybridized carbons (Fsp3) is 0.750. The summed E-state index contributed by atoms with van der Waals surface area (Å²) in [6.45, 7) is 5.79. The van der Waals surface area contributed by atoms with Gasteiger partial charge in [0.15, 0.2) is 5.78 Å². The van der Waals surface area contributed by atoms with E-state index in [0.29, 0.717) is 18.9 Å². The number of hydrogen-bond donors (Lipinski definition) is 1. The number of rotatable bonds is 4. The number of ketones is 1. The van der Waals surface area contributed by atoms with Crippen LogP contribution < -0.4 is 5.32 Å². The average molecular weight is 240 g/mol. The molecule has 0 saturated carbocycles. The summed E-state index contributed by atoms with van der Waals surface area (Å²) in [4.78, 5) is 36.0. The summed E-state index contributed by atoms with van der Waals surface area (Å²) in [6.07, 6.45) is 1.18. The van der Waals surface area contributed by atoms with Gasteiger partial charge in [0, 0.05) is 19.9 Å². The molecule has 0 unspecified atom stereocenters. The summed E-state index contributed by atoms with van der Waals surface area (Å²) in [6, 6.07) is -0.295. The van der Waals surface area contributed by atoms with Crippen LogP contribution in [0.2, 0.25) is 0 Å². The first-order valence-electron chi connectivity index (χ1n) is 6.02. The number of hydrogen-bond acceptors (Lipinski definition) is 3. The van der Waals surface area contributed by atoms with Crippen molar-refractivity contribution in [1.29, 1.82) is 0 Å². The van der Waals surface area contributed by atoms with E-state index in [2.05, 4.69) is 5.32 Å². The standard InChI is InChI=1S/C12H20N2O3/c1-4-11(16)10-5-8(2)7-14(10)12(17)6-13-9(3)15/h8,10H,4-7H2,1-3H3,(H,13,15)/t8-,10+/m1/s1. The summed E-state index contributed by atoms with van der Waals surface area (Å²) in [5.74, 6) is 0.0441. The number of nitrogens with zero attached hydrogens (tertiary/aromatic N) is 1. The van der Waals surface area contributed by atoms with E-state index in [0.717, 1.165) is 6.42 Å². The van der Waals surface area contributed by atoms with Crippen molar-refractivity contribution >= 4 is 17.6 Å². The minimum absolute atomic E-state index is 0.0183. The quantitative estimate of drug-likeness (QED) is 0.770. The second-order valence-electron chi connectivity index (χ2n) is 4.63. The molecule has 0 spiro atoms. The zero-order valence-electron chi connectivity index (χ0n) is 10.7. The lowest BCUT2D eigenvalue weighted by Crippen LogP contribution is -2.45. The van der Waals surface area contributed by atoms with Crippen LogP contribution in [0.3, 0.4) is 0 Å². The fourth-order valence-corrected chi connectivity index (χ4v) is 2.16. The number of amides is 2. The first kappa shape index (κ1) is 13.7. The predicted octanol–water partition coefficient (Wildman–Crippen LogP) is 0.339. The van der Waals surface area contributed by atoms with Crippen LogP contribution in [0, 0.1) is 5.92 Å². The van der Waals surface area contributed by atoms with Crippen molar-refractivity contribution in [2.24, 2.45) is 5.92 Å². The molecule has 1 fully saturated rings. The van der Waals surface area contributed by atoms with Gasteiger partial charge >= 0.3 is 0 Å². The lowest BCUT2D eigenvalue weighted by molar-refractivity contribution is -0.137. The normalized spacial score (nSPS) is 23.6. The van der Waals surface area contributed by atoms with Gasteiger partial charge in [-0.05, 0) is 12.3 Å². The molecule has 96 valence electrons. The number of likely N-dealkylation sites (tertiary alicyclic amines) is 1. The molecule has 2 amide bonds. The lowest BCUT2D eigenvalue weighted by Gasteiger charge is -2.23. The maximum Gasteiger partial charge on any atom is 0.242 e. The summed E-state index contributed by atoms with van der Waals surface area (Å²) >= 11 is 0. The zero-order valence-corrected chi connectivity index (χ0v) is 10.7. The van der Waals surface area contributed by atoms with Gasteiger partial charge in [-0.15, -0.1) is 0 Å². The van der Waals surface area contributed by atoms with Crippen LogP contribution in [-0.2, 0) is 14.4 Å². The SMILES string of the molecule is CCC(=O)[C@@H]1C[C@@H](C)CN1C(=O)CNC(C)=O. The largest absolute Gasteiger partial charge is 0.347 e. The molecule has 2 atom stereocenters. The third-order valence-electron chi connectivity index (χ3n) is 3.04. The van der Waals surface area contributed by atoms with Crippen molar-refractivity contribution in [2.75, 3.05) is 13.1 Å². The van der Waals surface area contributed by atoms with Gasteiger partial charge in [0.2, 0.25) is 11.8 Å². The molecule has 1 heterocycles. The summed E-state index contributed by atoms with van der Waals surface area (Å²) in [7, 11) is 0. The Hall–Kier alpha value is -1.39. The van der Waals surface area contributed by atoms with E-state index < -0.39 is 0 Å². The first-order chi connectivity index (χ1) is 7.95. The monoisotopic (exact) mass is 240 g/mol. The van der Waals surface area contributed by atoms with Crippen molar-refractivity contribution in [3.63, 3.8) is 0 Å². The van der Waals surface area contributed by atoms with E-state index >= 15 is 0 Å². The molecule has 17 heavy (non-hydrogen) atoms. The van der Waals surface area contributed by atoms with Crippen LogP contribution in [0.15, 0.2) is 0 Å². The molecule has 5 nitrogen and oxygen atoms in total. The molecular formula is C12H20N2O3. The zero-order chi connectivity index (χ0) is 13.0. The van der Waals surface area contributed by atoms with E-state index in [9.17, 15) is 14.4 Å². The van der Waals surface area contributed by atoms with E-state index in [1.165, 1.54) is 6.92 Å². The van der Waals surface area contributed by atoms with Crippen LogP contribution >= 0.6 is 0 Å². The molecule has 1 aliphatic rings. The van der Waals surface area contributed by atoms with Crippen LogP contribution in [0.1, 0.15) is 33.6 Å². The molecule has 5 heteroatoms. The maximum absolute atomic E-state index is 11.9. The molecule has 0 aliphatic carbocycles. The van der Waals surface area contributed by atoms with Gasteiger partial charge in [0.05, 0.1) is 12.6 Å². The van der Waals surface area contributed by atoms with Gasteiger partial charge < -0.3 is 10.2 Å². The van der Waals surface area contributed by atoms with E-state index in [1.54, 1.807) is 4.90 Å². The summed E-state index contributed by atoms with van der Waals surface area (Å²) in [5, 5.41) is 2.47. The Morgan fingerprint density at radius 3 is 2.53 bits per heavy atom. The van der Waals surface area contributed by atoms with Crippen molar-refractivity contribution < 1.29 is 14.4 Å². The minimum atomic E-state index is -0.295. The molecule has 1 rings (SSSR count).